The Bertz CT molecular complexity index is 463. The topological polar surface area (TPSA) is 29.3 Å². The molecular weight excluding hydrogens is 277 g/mol. The average Bonchev–Trinajstić information content (AvgIpc) is 2.74. The molecule has 0 bridgehead atoms. The number of hydrogen-bond acceptors (Lipinski definition) is 2. The van der Waals surface area contributed by atoms with Gasteiger partial charge in [0.25, 0.3) is 0 Å². The van der Waals surface area contributed by atoms with E-state index < -0.39 is 11.7 Å². The fraction of sp³-hybridized carbons (Fsp3) is 0.625. The fourth-order valence-corrected chi connectivity index (χ4v) is 3.08. The van der Waals surface area contributed by atoms with Gasteiger partial charge >= 0.3 is 6.18 Å². The second-order valence-corrected chi connectivity index (χ2v) is 5.80. The van der Waals surface area contributed by atoms with Gasteiger partial charge in [0.05, 0.1) is 5.56 Å². The Kier molecular flexibility index (Phi) is 5.14. The van der Waals surface area contributed by atoms with Crippen molar-refractivity contribution in [2.45, 2.75) is 57.3 Å². The number of benzene rings is 1. The van der Waals surface area contributed by atoms with Crippen molar-refractivity contribution in [3.8, 4) is 0 Å². The van der Waals surface area contributed by atoms with Gasteiger partial charge in [-0.3, -0.25) is 0 Å². The molecule has 0 aliphatic heterocycles. The molecule has 118 valence electrons. The summed E-state index contributed by atoms with van der Waals surface area (Å²) < 4.78 is 39.3. The normalized spacial score (nSPS) is 17.6. The standard InChI is InChI=1S/C16H23F3N2/c1-21(13-6-4-2-3-5-7-13)14-9-8-12(11-20)15(10-14)16(17,18)19/h8-10,13H,2-7,11,20H2,1H3. The van der Waals surface area contributed by atoms with E-state index in [4.69, 9.17) is 5.73 Å². The highest BCUT2D eigenvalue weighted by Gasteiger charge is 2.33. The molecule has 0 unspecified atom stereocenters. The Hall–Kier alpha value is -1.23. The summed E-state index contributed by atoms with van der Waals surface area (Å²) in [5.74, 6) is 0. The van der Waals surface area contributed by atoms with Gasteiger partial charge in [-0.2, -0.15) is 13.2 Å². The molecule has 1 aromatic rings. The van der Waals surface area contributed by atoms with Gasteiger partial charge in [0, 0.05) is 25.3 Å². The van der Waals surface area contributed by atoms with Crippen LogP contribution in [0.1, 0.15) is 49.7 Å². The van der Waals surface area contributed by atoms with E-state index >= 15 is 0 Å². The smallest absolute Gasteiger partial charge is 0.372 e. The number of alkyl halides is 3. The third kappa shape index (κ3) is 3.90. The molecule has 0 spiro atoms. The first-order valence-corrected chi connectivity index (χ1v) is 7.56. The molecule has 2 nitrogen and oxygen atoms in total. The van der Waals surface area contributed by atoms with Crippen molar-refractivity contribution in [1.29, 1.82) is 0 Å². The molecule has 0 saturated heterocycles. The molecule has 5 heteroatoms. The zero-order chi connectivity index (χ0) is 15.5. The van der Waals surface area contributed by atoms with Crippen molar-refractivity contribution in [3.63, 3.8) is 0 Å². The average molecular weight is 300 g/mol. The predicted molar refractivity (Wildman–Crippen MR) is 79.2 cm³/mol. The quantitative estimate of drug-likeness (QED) is 0.842. The van der Waals surface area contributed by atoms with Crippen molar-refractivity contribution in [2.75, 3.05) is 11.9 Å². The van der Waals surface area contributed by atoms with Crippen molar-refractivity contribution >= 4 is 5.69 Å². The highest BCUT2D eigenvalue weighted by atomic mass is 19.4. The molecule has 1 aromatic carbocycles. The number of nitrogens with zero attached hydrogens (tertiary/aromatic N) is 1. The van der Waals surface area contributed by atoms with Gasteiger partial charge in [-0.1, -0.05) is 31.7 Å². The minimum Gasteiger partial charge on any atom is -0.372 e. The highest BCUT2D eigenvalue weighted by Crippen LogP contribution is 2.35. The third-order valence-electron chi connectivity index (χ3n) is 4.40. The van der Waals surface area contributed by atoms with Crippen LogP contribution in [0.3, 0.4) is 0 Å². The van der Waals surface area contributed by atoms with E-state index in [1.807, 2.05) is 11.9 Å². The Morgan fingerprint density at radius 2 is 1.76 bits per heavy atom. The van der Waals surface area contributed by atoms with Gasteiger partial charge in [-0.05, 0) is 30.5 Å². The van der Waals surface area contributed by atoms with E-state index in [1.165, 1.54) is 25.0 Å². The van der Waals surface area contributed by atoms with Crippen LogP contribution >= 0.6 is 0 Å². The number of nitrogens with two attached hydrogens (primary N) is 1. The lowest BCUT2D eigenvalue weighted by molar-refractivity contribution is -0.138. The number of rotatable bonds is 3. The summed E-state index contributed by atoms with van der Waals surface area (Å²) in [6, 6.07) is 4.83. The molecule has 1 fully saturated rings. The summed E-state index contributed by atoms with van der Waals surface area (Å²) >= 11 is 0. The van der Waals surface area contributed by atoms with Gasteiger partial charge in [0.2, 0.25) is 0 Å². The zero-order valence-corrected chi connectivity index (χ0v) is 12.4. The van der Waals surface area contributed by atoms with Crippen molar-refractivity contribution < 1.29 is 13.2 Å². The predicted octanol–water partition coefficient (Wildman–Crippen LogP) is 4.32. The number of hydrogen-bond donors (Lipinski definition) is 1. The van der Waals surface area contributed by atoms with Gasteiger partial charge in [-0.25, -0.2) is 0 Å². The maximum atomic E-state index is 13.1. The van der Waals surface area contributed by atoms with E-state index in [-0.39, 0.29) is 12.1 Å². The summed E-state index contributed by atoms with van der Waals surface area (Å²) in [6.45, 7) is -0.0950. The highest BCUT2D eigenvalue weighted by molar-refractivity contribution is 5.52. The van der Waals surface area contributed by atoms with Crippen LogP contribution in [-0.4, -0.2) is 13.1 Å². The zero-order valence-electron chi connectivity index (χ0n) is 12.4. The monoisotopic (exact) mass is 300 g/mol. The molecule has 21 heavy (non-hydrogen) atoms. The van der Waals surface area contributed by atoms with Crippen molar-refractivity contribution in [3.05, 3.63) is 29.3 Å². The Morgan fingerprint density at radius 3 is 2.29 bits per heavy atom. The molecule has 2 rings (SSSR count). The second kappa shape index (κ2) is 6.69. The second-order valence-electron chi connectivity index (χ2n) is 5.80. The van der Waals surface area contributed by atoms with Crippen LogP contribution in [0.15, 0.2) is 18.2 Å². The summed E-state index contributed by atoms with van der Waals surface area (Å²) in [5, 5.41) is 0. The maximum Gasteiger partial charge on any atom is 0.416 e. The first-order valence-electron chi connectivity index (χ1n) is 7.56. The van der Waals surface area contributed by atoms with E-state index in [2.05, 4.69) is 0 Å². The van der Waals surface area contributed by atoms with E-state index in [0.717, 1.165) is 25.7 Å². The molecule has 1 aliphatic carbocycles. The van der Waals surface area contributed by atoms with Crippen LogP contribution in [0.25, 0.3) is 0 Å². The summed E-state index contributed by atoms with van der Waals surface area (Å²) in [4.78, 5) is 2.00. The van der Waals surface area contributed by atoms with Gasteiger partial charge < -0.3 is 10.6 Å². The minimum atomic E-state index is -4.35. The summed E-state index contributed by atoms with van der Waals surface area (Å²) in [7, 11) is 1.90. The molecule has 0 radical (unpaired) electrons. The van der Waals surface area contributed by atoms with Crippen molar-refractivity contribution in [1.82, 2.24) is 0 Å². The minimum absolute atomic E-state index is 0.0950. The Morgan fingerprint density at radius 1 is 1.14 bits per heavy atom. The van der Waals surface area contributed by atoms with Gasteiger partial charge in [-0.15, -0.1) is 0 Å². The van der Waals surface area contributed by atoms with Crippen LogP contribution in [0.4, 0.5) is 18.9 Å². The SMILES string of the molecule is CN(c1ccc(CN)c(C(F)(F)F)c1)C1CCCCCC1. The number of anilines is 1. The molecule has 2 N–H and O–H groups in total. The first kappa shape index (κ1) is 16.1. The molecule has 0 amide bonds. The maximum absolute atomic E-state index is 13.1. The molecule has 0 aromatic heterocycles. The third-order valence-corrected chi connectivity index (χ3v) is 4.40. The molecule has 1 saturated carbocycles. The van der Waals surface area contributed by atoms with E-state index in [0.29, 0.717) is 11.7 Å². The number of halogens is 3. The lowest BCUT2D eigenvalue weighted by Crippen LogP contribution is -2.31. The van der Waals surface area contributed by atoms with Crippen LogP contribution < -0.4 is 10.6 Å². The van der Waals surface area contributed by atoms with Gasteiger partial charge in [0.15, 0.2) is 0 Å². The van der Waals surface area contributed by atoms with Crippen LogP contribution in [0, 0.1) is 0 Å². The van der Waals surface area contributed by atoms with E-state index in [9.17, 15) is 13.2 Å². The molecule has 0 heterocycles. The first-order chi connectivity index (χ1) is 9.93. The van der Waals surface area contributed by atoms with Crippen LogP contribution in [-0.2, 0) is 12.7 Å². The molecule has 1 aliphatic rings. The summed E-state index contributed by atoms with van der Waals surface area (Å²) in [6.07, 6.45) is 2.51. The molecular formula is C16H23F3N2. The van der Waals surface area contributed by atoms with Crippen molar-refractivity contribution in [2.24, 2.45) is 5.73 Å². The van der Waals surface area contributed by atoms with Crippen LogP contribution in [0.2, 0.25) is 0 Å². The fourth-order valence-electron chi connectivity index (χ4n) is 3.08. The van der Waals surface area contributed by atoms with E-state index in [1.54, 1.807) is 6.07 Å². The summed E-state index contributed by atoms with van der Waals surface area (Å²) in [5.41, 5.74) is 5.60. The Balaban J connectivity index is 2.26. The lowest BCUT2D eigenvalue weighted by atomic mass is 10.0. The lowest BCUT2D eigenvalue weighted by Gasteiger charge is -2.30. The Labute approximate surface area is 124 Å². The van der Waals surface area contributed by atoms with Crippen LogP contribution in [0.5, 0.6) is 0 Å². The van der Waals surface area contributed by atoms with Gasteiger partial charge in [0.1, 0.15) is 0 Å². The largest absolute Gasteiger partial charge is 0.416 e. The molecule has 0 atom stereocenters.